The molecule has 0 aromatic heterocycles. The molecule has 1 aliphatic heterocycles. The summed E-state index contributed by atoms with van der Waals surface area (Å²) in [5, 5.41) is 5.17. The first-order valence-corrected chi connectivity index (χ1v) is 16.3. The van der Waals surface area contributed by atoms with E-state index in [9.17, 15) is 39.5 Å². The fourth-order valence-corrected chi connectivity index (χ4v) is 6.32. The Morgan fingerprint density at radius 3 is 2.04 bits per heavy atom. The van der Waals surface area contributed by atoms with Gasteiger partial charge in [-0.25, -0.2) is 11.0 Å². The monoisotopic (exact) mass is 752 g/mol. The molecule has 1 saturated heterocycles. The predicted molar refractivity (Wildman–Crippen MR) is 175 cm³/mol. The molecule has 1 unspecified atom stereocenters. The van der Waals surface area contributed by atoms with E-state index in [1.165, 1.54) is 24.1 Å². The molecule has 280 valence electrons. The number of hydrazone groups is 1. The third kappa shape index (κ3) is 11.3. The second-order valence-corrected chi connectivity index (χ2v) is 12.7. The Kier molecular flexibility index (Phi) is 12.7. The molecule has 3 aromatic rings. The summed E-state index contributed by atoms with van der Waals surface area (Å²) in [5.41, 5.74) is 3.59. The van der Waals surface area contributed by atoms with E-state index in [1.807, 2.05) is 13.0 Å². The van der Waals surface area contributed by atoms with Gasteiger partial charge in [-0.1, -0.05) is 48.9 Å². The van der Waals surface area contributed by atoms with Crippen molar-refractivity contribution in [2.24, 2.45) is 16.7 Å². The van der Waals surface area contributed by atoms with E-state index in [0.29, 0.717) is 66.4 Å². The largest absolute Gasteiger partial charge is 0.489 e. The van der Waals surface area contributed by atoms with Gasteiger partial charge in [-0.05, 0) is 71.8 Å². The van der Waals surface area contributed by atoms with Gasteiger partial charge in [-0.3, -0.25) is 4.90 Å². The van der Waals surface area contributed by atoms with Crippen molar-refractivity contribution in [3.05, 3.63) is 99.1 Å². The summed E-state index contributed by atoms with van der Waals surface area (Å²) >= 11 is 6.26. The van der Waals surface area contributed by atoms with Crippen molar-refractivity contribution in [1.29, 1.82) is 0 Å². The standard InChI is InChI=1S/C34H38ClF9N6O/c1-3-29(49-12-10-26(11-13-49)51-30-7-5-4-6-28(30)35)27-9-8-21(18-32(36,37)38)14-23(27)20-50(31(45)47-48(2)46)19-22-15-24(33(39,40)41)17-25(16-22)34(42,43)44/h4-9,14-17,26,29H,3,10-13,18-20,46H2,1-2H3,(H2,45,47). The maximum Gasteiger partial charge on any atom is 0.416 e. The van der Waals surface area contributed by atoms with Crippen LogP contribution in [-0.2, 0) is 31.9 Å². The molecule has 4 rings (SSSR count). The first-order valence-electron chi connectivity index (χ1n) is 15.9. The van der Waals surface area contributed by atoms with Gasteiger partial charge in [0.25, 0.3) is 0 Å². The molecule has 0 spiro atoms. The van der Waals surface area contributed by atoms with Gasteiger partial charge in [-0.15, -0.1) is 5.10 Å². The lowest BCUT2D eigenvalue weighted by Gasteiger charge is -2.38. The predicted octanol–water partition coefficient (Wildman–Crippen LogP) is 8.51. The van der Waals surface area contributed by atoms with E-state index < -0.39 is 48.2 Å². The van der Waals surface area contributed by atoms with Crippen LogP contribution in [0.2, 0.25) is 5.02 Å². The van der Waals surface area contributed by atoms with Crippen LogP contribution in [0.5, 0.6) is 5.75 Å². The van der Waals surface area contributed by atoms with Gasteiger partial charge >= 0.3 is 18.5 Å². The Bertz CT molecular complexity index is 1620. The summed E-state index contributed by atoms with van der Waals surface area (Å²) < 4.78 is 129. The molecule has 0 radical (unpaired) electrons. The Morgan fingerprint density at radius 2 is 1.51 bits per heavy atom. The lowest BCUT2D eigenvalue weighted by Crippen LogP contribution is -2.41. The second kappa shape index (κ2) is 16.2. The van der Waals surface area contributed by atoms with E-state index in [1.54, 1.807) is 24.3 Å². The fraction of sp³-hybridized carbons (Fsp3) is 0.441. The highest BCUT2D eigenvalue weighted by atomic mass is 35.5. The molecule has 0 saturated carbocycles. The molecule has 3 aromatic carbocycles. The third-order valence-electron chi connectivity index (χ3n) is 8.37. The minimum atomic E-state index is -5.10. The van der Waals surface area contributed by atoms with Crippen LogP contribution < -0.4 is 16.3 Å². The van der Waals surface area contributed by atoms with Gasteiger partial charge in [0.1, 0.15) is 11.9 Å². The van der Waals surface area contributed by atoms with Crippen LogP contribution in [0.25, 0.3) is 0 Å². The normalized spacial score (nSPS) is 15.9. The SMILES string of the molecule is CCC(c1ccc(CC(F)(F)F)cc1CN(Cc1cc(C(F)(F)F)cc(C(F)(F)F)c1)/C(N)=N/N(C)N)N1CCC(Oc2ccccc2Cl)CC1. The summed E-state index contributed by atoms with van der Waals surface area (Å²) in [5.74, 6) is 5.80. The van der Waals surface area contributed by atoms with E-state index in [2.05, 4.69) is 10.0 Å². The van der Waals surface area contributed by atoms with Crippen molar-refractivity contribution in [2.75, 3.05) is 20.1 Å². The zero-order valence-corrected chi connectivity index (χ0v) is 28.5. The molecule has 4 N–H and O–H groups in total. The van der Waals surface area contributed by atoms with Crippen molar-refractivity contribution < 1.29 is 44.3 Å². The van der Waals surface area contributed by atoms with Crippen molar-refractivity contribution >= 4 is 17.6 Å². The number of guanidine groups is 1. The lowest BCUT2D eigenvalue weighted by molar-refractivity contribution is -0.143. The average molecular weight is 753 g/mol. The number of piperidine rings is 1. The topological polar surface area (TPSA) is 83.3 Å². The van der Waals surface area contributed by atoms with Crippen molar-refractivity contribution in [2.45, 2.75) is 76.4 Å². The summed E-state index contributed by atoms with van der Waals surface area (Å²) in [6, 6.07) is 12.2. The molecule has 0 bridgehead atoms. The minimum Gasteiger partial charge on any atom is -0.489 e. The Hall–Kier alpha value is -3.89. The summed E-state index contributed by atoms with van der Waals surface area (Å²) in [6.07, 6.45) is -14.4. The zero-order chi connectivity index (χ0) is 37.7. The number of alkyl halides is 9. The van der Waals surface area contributed by atoms with Crippen LogP contribution in [0, 0.1) is 0 Å². The number of benzene rings is 3. The quantitative estimate of drug-likeness (QED) is 0.0672. The zero-order valence-electron chi connectivity index (χ0n) is 27.7. The lowest BCUT2D eigenvalue weighted by atomic mass is 9.92. The van der Waals surface area contributed by atoms with Crippen LogP contribution >= 0.6 is 11.6 Å². The maximum absolute atomic E-state index is 13.7. The minimum absolute atomic E-state index is 0.00612. The molecule has 7 nitrogen and oxygen atoms in total. The molecule has 51 heavy (non-hydrogen) atoms. The molecule has 1 aliphatic rings. The number of halogens is 10. The average Bonchev–Trinajstić information content (AvgIpc) is 3.02. The number of nitrogens with zero attached hydrogens (tertiary/aromatic N) is 4. The number of hydrazine groups is 1. The second-order valence-electron chi connectivity index (χ2n) is 12.3. The van der Waals surface area contributed by atoms with Gasteiger partial charge in [-0.2, -0.15) is 39.5 Å². The van der Waals surface area contributed by atoms with E-state index in [0.717, 1.165) is 5.12 Å². The van der Waals surface area contributed by atoms with Crippen LogP contribution in [0.1, 0.15) is 65.6 Å². The highest BCUT2D eigenvalue weighted by molar-refractivity contribution is 6.32. The van der Waals surface area contributed by atoms with Gasteiger partial charge in [0, 0.05) is 39.3 Å². The molecular formula is C34H38ClF9N6O. The highest BCUT2D eigenvalue weighted by Crippen LogP contribution is 2.38. The number of nitrogens with two attached hydrogens (primary N) is 2. The Morgan fingerprint density at radius 1 is 0.902 bits per heavy atom. The number of likely N-dealkylation sites (tertiary alicyclic amines) is 1. The van der Waals surface area contributed by atoms with Crippen LogP contribution in [-0.4, -0.2) is 53.3 Å². The summed E-state index contributed by atoms with van der Waals surface area (Å²) in [6.45, 7) is 2.11. The first kappa shape index (κ1) is 39.9. The molecule has 1 fully saturated rings. The third-order valence-corrected chi connectivity index (χ3v) is 8.68. The van der Waals surface area contributed by atoms with E-state index >= 15 is 0 Å². The highest BCUT2D eigenvalue weighted by Gasteiger charge is 2.37. The molecule has 1 heterocycles. The number of hydrogen-bond acceptors (Lipinski definition) is 5. The number of ether oxygens (including phenoxy) is 1. The van der Waals surface area contributed by atoms with Crippen molar-refractivity contribution in [3.8, 4) is 5.75 Å². The molecule has 1 atom stereocenters. The van der Waals surface area contributed by atoms with Gasteiger partial charge in [0.15, 0.2) is 0 Å². The van der Waals surface area contributed by atoms with Crippen LogP contribution in [0.15, 0.2) is 65.8 Å². The molecule has 17 heteroatoms. The Balaban J connectivity index is 1.71. The van der Waals surface area contributed by atoms with Gasteiger partial charge in [0.2, 0.25) is 5.96 Å². The van der Waals surface area contributed by atoms with E-state index in [-0.39, 0.29) is 36.3 Å². The fourth-order valence-electron chi connectivity index (χ4n) is 6.14. The van der Waals surface area contributed by atoms with Gasteiger partial charge < -0.3 is 15.4 Å². The first-order chi connectivity index (χ1) is 23.7. The van der Waals surface area contributed by atoms with E-state index in [4.69, 9.17) is 27.9 Å². The van der Waals surface area contributed by atoms with Crippen LogP contribution in [0.4, 0.5) is 39.5 Å². The number of rotatable bonds is 11. The summed E-state index contributed by atoms with van der Waals surface area (Å²) in [4.78, 5) is 3.33. The number of para-hydroxylation sites is 1. The number of hydrogen-bond donors (Lipinski definition) is 2. The van der Waals surface area contributed by atoms with Crippen molar-refractivity contribution in [3.63, 3.8) is 0 Å². The molecule has 0 amide bonds. The van der Waals surface area contributed by atoms with Crippen molar-refractivity contribution in [1.82, 2.24) is 14.9 Å². The maximum atomic E-state index is 13.7. The van der Waals surface area contributed by atoms with Crippen LogP contribution in [0.3, 0.4) is 0 Å². The summed E-state index contributed by atoms with van der Waals surface area (Å²) in [7, 11) is 1.29. The smallest absolute Gasteiger partial charge is 0.416 e. The Labute approximate surface area is 294 Å². The molecule has 0 aliphatic carbocycles. The molecular weight excluding hydrogens is 715 g/mol. The van der Waals surface area contributed by atoms with Gasteiger partial charge in [0.05, 0.1) is 22.6 Å².